The van der Waals surface area contributed by atoms with Crippen LogP contribution >= 0.6 is 11.3 Å². The minimum atomic E-state index is -0.891. The van der Waals surface area contributed by atoms with Gasteiger partial charge in [0, 0.05) is 46.7 Å². The predicted molar refractivity (Wildman–Crippen MR) is 131 cm³/mol. The van der Waals surface area contributed by atoms with Crippen molar-refractivity contribution in [3.63, 3.8) is 0 Å². The number of amides is 2. The van der Waals surface area contributed by atoms with Crippen LogP contribution in [0, 0.1) is 5.82 Å². The van der Waals surface area contributed by atoms with E-state index in [2.05, 4.69) is 15.5 Å². The van der Waals surface area contributed by atoms with Crippen molar-refractivity contribution in [3.8, 4) is 0 Å². The smallest absolute Gasteiger partial charge is 0.254 e. The monoisotopic (exact) mass is 485 g/mol. The number of hydrogen-bond acceptors (Lipinski definition) is 5. The average Bonchev–Trinajstić information content (AvgIpc) is 3.33. The van der Waals surface area contributed by atoms with E-state index in [0.717, 1.165) is 10.6 Å². The molecule has 1 atom stereocenters. The van der Waals surface area contributed by atoms with E-state index in [9.17, 15) is 18.2 Å². The second-order valence-electron chi connectivity index (χ2n) is 7.63. The maximum Gasteiger partial charge on any atom is 0.254 e. The van der Waals surface area contributed by atoms with E-state index in [1.807, 2.05) is 35.7 Å². The first-order chi connectivity index (χ1) is 16.0. The molecule has 2 N–H and O–H groups in total. The molecule has 0 saturated carbocycles. The summed E-state index contributed by atoms with van der Waals surface area (Å²) in [7, 11) is -0.811. The van der Waals surface area contributed by atoms with Crippen LogP contribution in [0.15, 0.2) is 66.0 Å². The molecular formula is C24H24FN3O3S2. The van der Waals surface area contributed by atoms with Gasteiger partial charge >= 0.3 is 0 Å². The van der Waals surface area contributed by atoms with Crippen LogP contribution in [0.2, 0.25) is 0 Å². The Balaban J connectivity index is 1.54. The van der Waals surface area contributed by atoms with Crippen molar-refractivity contribution in [2.75, 3.05) is 34.8 Å². The topological polar surface area (TPSA) is 78.5 Å². The summed E-state index contributed by atoms with van der Waals surface area (Å²) in [5.41, 5.74) is 1.35. The molecule has 2 amide bonds. The number of carbonyl (C=O) groups excluding carboxylic acids is 2. The summed E-state index contributed by atoms with van der Waals surface area (Å²) in [6.07, 6.45) is 0.286. The van der Waals surface area contributed by atoms with Gasteiger partial charge in [-0.1, -0.05) is 30.3 Å². The summed E-state index contributed by atoms with van der Waals surface area (Å²) in [6, 6.07) is 16.0. The number of benzene rings is 2. The van der Waals surface area contributed by atoms with Crippen LogP contribution < -0.4 is 15.5 Å². The van der Waals surface area contributed by atoms with Gasteiger partial charge in [0.05, 0.1) is 16.9 Å². The van der Waals surface area contributed by atoms with Crippen LogP contribution in [0.4, 0.5) is 15.8 Å². The van der Waals surface area contributed by atoms with Crippen LogP contribution in [0.25, 0.3) is 0 Å². The molecule has 9 heteroatoms. The summed E-state index contributed by atoms with van der Waals surface area (Å²) in [4.78, 5) is 29.1. The summed E-state index contributed by atoms with van der Waals surface area (Å²) in [6.45, 7) is 1.28. The zero-order valence-electron chi connectivity index (χ0n) is 17.8. The van der Waals surface area contributed by atoms with Crippen LogP contribution in [-0.2, 0) is 22.0 Å². The molecule has 1 aliphatic rings. The molecule has 1 aromatic heterocycles. The van der Waals surface area contributed by atoms with Crippen LogP contribution in [0.3, 0.4) is 0 Å². The molecule has 33 heavy (non-hydrogen) atoms. The van der Waals surface area contributed by atoms with Crippen molar-refractivity contribution >= 4 is 45.3 Å². The first kappa shape index (κ1) is 23.1. The molecule has 0 radical (unpaired) electrons. The second kappa shape index (κ2) is 10.7. The lowest BCUT2D eigenvalue weighted by molar-refractivity contribution is -0.117. The maximum absolute atomic E-state index is 14.1. The number of halogens is 1. The molecule has 1 saturated heterocycles. The van der Waals surface area contributed by atoms with Crippen molar-refractivity contribution < 1.29 is 18.2 Å². The number of nitrogens with one attached hydrogen (secondary N) is 2. The molecule has 4 rings (SSSR count). The fraction of sp³-hybridized carbons (Fsp3) is 0.250. The molecule has 1 aliphatic heterocycles. The summed E-state index contributed by atoms with van der Waals surface area (Å²) < 4.78 is 25.9. The quantitative estimate of drug-likeness (QED) is 0.538. The minimum absolute atomic E-state index is 0.108. The number of nitrogens with zero attached hydrogens (tertiary/aromatic N) is 1. The molecular weight excluding hydrogens is 461 g/mol. The fourth-order valence-electron chi connectivity index (χ4n) is 3.67. The third-order valence-corrected chi connectivity index (χ3v) is 7.58. The van der Waals surface area contributed by atoms with E-state index in [0.29, 0.717) is 30.3 Å². The zero-order valence-corrected chi connectivity index (χ0v) is 19.5. The third-order valence-electron chi connectivity index (χ3n) is 5.41. The molecule has 6 nitrogen and oxygen atoms in total. The van der Waals surface area contributed by atoms with Crippen LogP contribution in [0.5, 0.6) is 0 Å². The first-order valence-corrected chi connectivity index (χ1v) is 13.0. The van der Waals surface area contributed by atoms with Gasteiger partial charge in [0.1, 0.15) is 11.9 Å². The highest BCUT2D eigenvalue weighted by Crippen LogP contribution is 2.27. The Kier molecular flexibility index (Phi) is 7.51. The number of hydrogen-bond donors (Lipinski definition) is 2. The van der Waals surface area contributed by atoms with Gasteiger partial charge in [0.25, 0.3) is 5.91 Å². The van der Waals surface area contributed by atoms with Gasteiger partial charge in [0.2, 0.25) is 5.91 Å². The molecule has 2 heterocycles. The molecule has 0 bridgehead atoms. The zero-order chi connectivity index (χ0) is 23.2. The number of anilines is 2. The van der Waals surface area contributed by atoms with Crippen molar-refractivity contribution in [3.05, 3.63) is 82.3 Å². The molecule has 3 aromatic rings. The third kappa shape index (κ3) is 5.85. The highest BCUT2D eigenvalue weighted by molar-refractivity contribution is 7.85. The lowest BCUT2D eigenvalue weighted by Gasteiger charge is -2.30. The molecule has 0 spiro atoms. The van der Waals surface area contributed by atoms with Gasteiger partial charge in [-0.3, -0.25) is 13.8 Å². The summed E-state index contributed by atoms with van der Waals surface area (Å²) in [5.74, 6) is -0.500. The van der Waals surface area contributed by atoms with E-state index in [1.165, 1.54) is 29.5 Å². The number of rotatable bonds is 7. The normalized spacial score (nSPS) is 15.1. The van der Waals surface area contributed by atoms with E-state index in [1.54, 1.807) is 12.1 Å². The Hall–Kier alpha value is -3.04. The van der Waals surface area contributed by atoms with Gasteiger partial charge in [-0.2, -0.15) is 0 Å². The molecule has 1 fully saturated rings. The SMILES string of the molecule is O=C(N[C@H](Cc1cccs1)C(=O)Nc1ccccc1N1CCS(=O)CC1)c1ccccc1F. The first-order valence-electron chi connectivity index (χ1n) is 10.6. The van der Waals surface area contributed by atoms with Crippen molar-refractivity contribution in [1.29, 1.82) is 0 Å². The molecule has 172 valence electrons. The van der Waals surface area contributed by atoms with E-state index in [-0.39, 0.29) is 17.9 Å². The molecule has 2 aromatic carbocycles. The number of thiophene rings is 1. The van der Waals surface area contributed by atoms with Gasteiger partial charge in [-0.15, -0.1) is 11.3 Å². The Morgan fingerprint density at radius 2 is 1.76 bits per heavy atom. The van der Waals surface area contributed by atoms with Gasteiger partial charge < -0.3 is 15.5 Å². The number of carbonyl (C=O) groups is 2. The lowest BCUT2D eigenvalue weighted by atomic mass is 10.1. The Labute approximate surface area is 198 Å². The summed E-state index contributed by atoms with van der Waals surface area (Å²) >= 11 is 1.48. The fourth-order valence-corrected chi connectivity index (χ4v) is 5.48. The lowest BCUT2D eigenvalue weighted by Crippen LogP contribution is -2.45. The highest BCUT2D eigenvalue weighted by Gasteiger charge is 2.25. The van der Waals surface area contributed by atoms with Crippen LogP contribution in [0.1, 0.15) is 15.2 Å². The largest absolute Gasteiger partial charge is 0.368 e. The van der Waals surface area contributed by atoms with Gasteiger partial charge in [-0.05, 0) is 35.7 Å². The minimum Gasteiger partial charge on any atom is -0.368 e. The van der Waals surface area contributed by atoms with E-state index >= 15 is 0 Å². The number of para-hydroxylation sites is 2. The van der Waals surface area contributed by atoms with Crippen molar-refractivity contribution in [1.82, 2.24) is 5.32 Å². The Bertz CT molecular complexity index is 1140. The van der Waals surface area contributed by atoms with Crippen LogP contribution in [-0.4, -0.2) is 46.7 Å². The second-order valence-corrected chi connectivity index (χ2v) is 10.4. The molecule has 0 unspecified atom stereocenters. The van der Waals surface area contributed by atoms with Gasteiger partial charge in [-0.25, -0.2) is 4.39 Å². The van der Waals surface area contributed by atoms with E-state index < -0.39 is 28.6 Å². The van der Waals surface area contributed by atoms with Gasteiger partial charge in [0.15, 0.2) is 0 Å². The standard InChI is InChI=1S/C24H24FN3O3S2/c25-19-8-2-1-7-18(19)23(29)27-21(16-17-6-5-13-32-17)24(30)26-20-9-3-4-10-22(20)28-11-14-33(31)15-12-28/h1-10,13,21H,11-12,14-16H2,(H,26,30)(H,27,29)/t21-/m1/s1. The Morgan fingerprint density at radius 3 is 2.48 bits per heavy atom. The highest BCUT2D eigenvalue weighted by atomic mass is 32.2. The van der Waals surface area contributed by atoms with Crippen molar-refractivity contribution in [2.24, 2.45) is 0 Å². The average molecular weight is 486 g/mol. The summed E-state index contributed by atoms with van der Waals surface area (Å²) in [5, 5.41) is 7.54. The van der Waals surface area contributed by atoms with E-state index in [4.69, 9.17) is 0 Å². The molecule has 0 aliphatic carbocycles. The maximum atomic E-state index is 14.1. The Morgan fingerprint density at radius 1 is 1.03 bits per heavy atom. The predicted octanol–water partition coefficient (Wildman–Crippen LogP) is 3.44. The van der Waals surface area contributed by atoms with Crippen molar-refractivity contribution in [2.45, 2.75) is 12.5 Å².